The van der Waals surface area contributed by atoms with Crippen LogP contribution in [0.2, 0.25) is 5.02 Å². The van der Waals surface area contributed by atoms with E-state index >= 15 is 0 Å². The minimum absolute atomic E-state index is 0.179. The summed E-state index contributed by atoms with van der Waals surface area (Å²) in [6, 6.07) is 3.78. The molecule has 0 radical (unpaired) electrons. The lowest BCUT2D eigenvalue weighted by Gasteiger charge is -2.15. The first-order valence-corrected chi connectivity index (χ1v) is 7.72. The largest absolute Gasteiger partial charge is 0.479 e. The van der Waals surface area contributed by atoms with Gasteiger partial charge in [-0.15, -0.1) is 0 Å². The molecule has 1 atom stereocenters. The maximum atomic E-state index is 13.2. The Labute approximate surface area is 143 Å². The van der Waals surface area contributed by atoms with E-state index in [1.807, 2.05) is 6.92 Å². The fourth-order valence-corrected chi connectivity index (χ4v) is 2.49. The van der Waals surface area contributed by atoms with E-state index in [1.54, 1.807) is 13.1 Å². The number of carboxylic acids is 1. The fraction of sp³-hybridized carbons (Fsp3) is 0.312. The number of rotatable bonds is 6. The summed E-state index contributed by atoms with van der Waals surface area (Å²) < 4.78 is 14.6. The second-order valence-corrected chi connectivity index (χ2v) is 5.72. The minimum Gasteiger partial charge on any atom is -0.479 e. The average Bonchev–Trinajstić information content (AvgIpc) is 2.88. The van der Waals surface area contributed by atoms with Gasteiger partial charge in [0.25, 0.3) is 5.91 Å². The summed E-state index contributed by atoms with van der Waals surface area (Å²) in [4.78, 5) is 23.9. The zero-order valence-corrected chi connectivity index (χ0v) is 14.0. The predicted octanol–water partition coefficient (Wildman–Crippen LogP) is 2.72. The van der Waals surface area contributed by atoms with Crippen LogP contribution in [0.25, 0.3) is 0 Å². The lowest BCUT2D eigenvalue weighted by atomic mass is 10.1. The Hall–Kier alpha value is -2.41. The van der Waals surface area contributed by atoms with Crippen molar-refractivity contribution in [2.75, 3.05) is 0 Å². The second-order valence-electron chi connectivity index (χ2n) is 5.31. The van der Waals surface area contributed by atoms with Crippen molar-refractivity contribution in [1.29, 1.82) is 0 Å². The van der Waals surface area contributed by atoms with Crippen molar-refractivity contribution in [3.05, 3.63) is 52.1 Å². The van der Waals surface area contributed by atoms with E-state index in [0.29, 0.717) is 0 Å². The molecule has 1 amide bonds. The van der Waals surface area contributed by atoms with Gasteiger partial charge in [0, 0.05) is 7.05 Å². The van der Waals surface area contributed by atoms with E-state index < -0.39 is 23.7 Å². The van der Waals surface area contributed by atoms with Crippen LogP contribution < -0.4 is 5.32 Å². The molecule has 1 unspecified atom stereocenters. The molecule has 128 valence electrons. The van der Waals surface area contributed by atoms with E-state index in [0.717, 1.165) is 24.6 Å². The standard InChI is InChI=1S/C16H17ClFN3O3/c1-3-4-10-8-13(21(2)20-10)15(22)19-14(16(23)24)9-5-6-12(18)11(17)7-9/h5-8,14H,3-4H2,1-2H3,(H,19,22)(H,23,24). The first kappa shape index (κ1) is 17.9. The van der Waals surface area contributed by atoms with Gasteiger partial charge in [-0.2, -0.15) is 5.10 Å². The molecule has 8 heteroatoms. The first-order valence-electron chi connectivity index (χ1n) is 7.35. The number of hydrogen-bond acceptors (Lipinski definition) is 3. The molecular weight excluding hydrogens is 337 g/mol. The predicted molar refractivity (Wildman–Crippen MR) is 86.5 cm³/mol. The molecule has 0 aliphatic rings. The number of benzene rings is 1. The summed E-state index contributed by atoms with van der Waals surface area (Å²) in [7, 11) is 1.61. The summed E-state index contributed by atoms with van der Waals surface area (Å²) in [5.41, 5.74) is 1.18. The van der Waals surface area contributed by atoms with Gasteiger partial charge in [-0.25, -0.2) is 9.18 Å². The third-order valence-electron chi connectivity index (χ3n) is 3.47. The smallest absolute Gasteiger partial charge is 0.330 e. The summed E-state index contributed by atoms with van der Waals surface area (Å²) in [6.45, 7) is 1.99. The number of amides is 1. The maximum Gasteiger partial charge on any atom is 0.330 e. The zero-order valence-electron chi connectivity index (χ0n) is 13.2. The SMILES string of the molecule is CCCc1cc(C(=O)NC(C(=O)O)c2ccc(F)c(Cl)c2)n(C)n1. The molecule has 1 heterocycles. The molecule has 24 heavy (non-hydrogen) atoms. The summed E-state index contributed by atoms with van der Waals surface area (Å²) >= 11 is 5.68. The number of nitrogens with zero attached hydrogens (tertiary/aromatic N) is 2. The highest BCUT2D eigenvalue weighted by atomic mass is 35.5. The van der Waals surface area contributed by atoms with Crippen LogP contribution in [-0.4, -0.2) is 26.8 Å². The molecule has 0 spiro atoms. The molecular formula is C16H17ClFN3O3. The number of nitrogens with one attached hydrogen (secondary N) is 1. The molecule has 0 aliphatic heterocycles. The van der Waals surface area contributed by atoms with Gasteiger partial charge in [0.1, 0.15) is 11.5 Å². The Bertz CT molecular complexity index is 776. The van der Waals surface area contributed by atoms with Gasteiger partial charge in [-0.1, -0.05) is 31.0 Å². The number of aryl methyl sites for hydroxylation is 2. The van der Waals surface area contributed by atoms with Crippen molar-refractivity contribution < 1.29 is 19.1 Å². The van der Waals surface area contributed by atoms with E-state index in [1.165, 1.54) is 16.8 Å². The number of carboxylic acid groups (broad SMARTS) is 1. The second kappa shape index (κ2) is 7.44. The maximum absolute atomic E-state index is 13.2. The van der Waals surface area contributed by atoms with Crippen molar-refractivity contribution in [3.8, 4) is 0 Å². The van der Waals surface area contributed by atoms with E-state index in [2.05, 4.69) is 10.4 Å². The molecule has 0 bridgehead atoms. The molecule has 2 N–H and O–H groups in total. The lowest BCUT2D eigenvalue weighted by molar-refractivity contribution is -0.139. The normalized spacial score (nSPS) is 12.0. The fourth-order valence-electron chi connectivity index (χ4n) is 2.30. The molecule has 2 rings (SSSR count). The van der Waals surface area contributed by atoms with Gasteiger partial charge in [0.05, 0.1) is 10.7 Å². The van der Waals surface area contributed by atoms with Gasteiger partial charge in [-0.05, 0) is 30.2 Å². The molecule has 0 aliphatic carbocycles. The first-order chi connectivity index (χ1) is 11.3. The topological polar surface area (TPSA) is 84.2 Å². The Balaban J connectivity index is 2.25. The molecule has 2 aromatic rings. The summed E-state index contributed by atoms with van der Waals surface area (Å²) in [5.74, 6) is -2.52. The van der Waals surface area contributed by atoms with Crippen LogP contribution in [-0.2, 0) is 18.3 Å². The molecule has 0 saturated heterocycles. The van der Waals surface area contributed by atoms with Gasteiger partial charge in [0.2, 0.25) is 0 Å². The van der Waals surface area contributed by atoms with Crippen molar-refractivity contribution in [2.24, 2.45) is 7.05 Å². The molecule has 0 saturated carbocycles. The highest BCUT2D eigenvalue weighted by Gasteiger charge is 2.25. The van der Waals surface area contributed by atoms with Gasteiger partial charge in [0.15, 0.2) is 6.04 Å². The highest BCUT2D eigenvalue weighted by Crippen LogP contribution is 2.21. The molecule has 0 fully saturated rings. The van der Waals surface area contributed by atoms with E-state index in [-0.39, 0.29) is 16.3 Å². The van der Waals surface area contributed by atoms with Crippen molar-refractivity contribution >= 4 is 23.5 Å². The van der Waals surface area contributed by atoms with Gasteiger partial charge < -0.3 is 10.4 Å². The summed E-state index contributed by atoms with van der Waals surface area (Å²) in [5, 5.41) is 15.8. The van der Waals surface area contributed by atoms with Crippen molar-refractivity contribution in [2.45, 2.75) is 25.8 Å². The Morgan fingerprint density at radius 1 is 1.42 bits per heavy atom. The van der Waals surface area contributed by atoms with Crippen molar-refractivity contribution in [1.82, 2.24) is 15.1 Å². The van der Waals surface area contributed by atoms with Gasteiger partial charge >= 0.3 is 5.97 Å². The molecule has 1 aromatic carbocycles. The van der Waals surface area contributed by atoms with E-state index in [9.17, 15) is 19.1 Å². The number of halogens is 2. The lowest BCUT2D eigenvalue weighted by Crippen LogP contribution is -2.34. The zero-order chi connectivity index (χ0) is 17.9. The monoisotopic (exact) mass is 353 g/mol. The third kappa shape index (κ3) is 3.91. The number of aromatic nitrogens is 2. The van der Waals surface area contributed by atoms with Crippen LogP contribution in [0.4, 0.5) is 4.39 Å². The van der Waals surface area contributed by atoms with Gasteiger partial charge in [-0.3, -0.25) is 9.48 Å². The Morgan fingerprint density at radius 3 is 2.71 bits per heavy atom. The number of carbonyl (C=O) groups excluding carboxylic acids is 1. The van der Waals surface area contributed by atoms with Crippen LogP contribution in [0.5, 0.6) is 0 Å². The summed E-state index contributed by atoms with van der Waals surface area (Å²) in [6.07, 6.45) is 1.60. The average molecular weight is 354 g/mol. The molecule has 1 aromatic heterocycles. The van der Waals surface area contributed by atoms with E-state index in [4.69, 9.17) is 11.6 Å². The number of hydrogen-bond donors (Lipinski definition) is 2. The van der Waals surface area contributed by atoms with Crippen LogP contribution in [0.3, 0.4) is 0 Å². The quantitative estimate of drug-likeness (QED) is 0.836. The minimum atomic E-state index is -1.35. The van der Waals surface area contributed by atoms with Crippen LogP contribution in [0, 0.1) is 5.82 Å². The highest BCUT2D eigenvalue weighted by molar-refractivity contribution is 6.30. The number of carbonyl (C=O) groups is 2. The Kier molecular flexibility index (Phi) is 5.56. The van der Waals surface area contributed by atoms with Crippen LogP contribution in [0.1, 0.15) is 41.1 Å². The molecule has 6 nitrogen and oxygen atoms in total. The Morgan fingerprint density at radius 2 is 2.12 bits per heavy atom. The third-order valence-corrected chi connectivity index (χ3v) is 3.76. The number of aliphatic carboxylic acids is 1. The van der Waals surface area contributed by atoms with Crippen LogP contribution in [0.15, 0.2) is 24.3 Å². The van der Waals surface area contributed by atoms with Crippen molar-refractivity contribution in [3.63, 3.8) is 0 Å². The van der Waals surface area contributed by atoms with Crippen LogP contribution >= 0.6 is 11.6 Å².